The third kappa shape index (κ3) is 4.12. The van der Waals surface area contributed by atoms with Gasteiger partial charge in [-0.15, -0.1) is 0 Å². The predicted molar refractivity (Wildman–Crippen MR) is 120 cm³/mol. The lowest BCUT2D eigenvalue weighted by atomic mass is 10.0. The number of ether oxygens (including phenoxy) is 1. The minimum absolute atomic E-state index is 0.337. The average molecular weight is 396 g/mol. The average Bonchev–Trinajstić information content (AvgIpc) is 3.29. The molecule has 3 aromatic carbocycles. The molecule has 0 saturated heterocycles. The minimum atomic E-state index is -0.365. The highest BCUT2D eigenvalue weighted by atomic mass is 16.5. The van der Waals surface area contributed by atoms with Crippen molar-refractivity contribution >= 4 is 29.0 Å². The zero-order valence-corrected chi connectivity index (χ0v) is 16.4. The minimum Gasteiger partial charge on any atom is -0.496 e. The van der Waals surface area contributed by atoms with E-state index in [1.165, 1.54) is 6.21 Å². The molecular weight excluding hydrogens is 376 g/mol. The highest BCUT2D eigenvalue weighted by molar-refractivity contribution is 5.98. The van der Waals surface area contributed by atoms with E-state index in [-0.39, 0.29) is 5.91 Å². The molecule has 6 heteroatoms. The van der Waals surface area contributed by atoms with E-state index in [0.29, 0.717) is 11.4 Å². The Labute approximate surface area is 173 Å². The van der Waals surface area contributed by atoms with Gasteiger partial charge in [-0.1, -0.05) is 60.7 Å². The van der Waals surface area contributed by atoms with Gasteiger partial charge in [-0.2, -0.15) is 10.2 Å². The van der Waals surface area contributed by atoms with Gasteiger partial charge in [0.05, 0.1) is 12.8 Å². The molecule has 0 bridgehead atoms. The number of nitrogens with zero attached hydrogens (tertiary/aromatic N) is 2. The molecule has 0 radical (unpaired) electrons. The Morgan fingerprint density at radius 2 is 1.87 bits per heavy atom. The van der Waals surface area contributed by atoms with Gasteiger partial charge in [-0.3, -0.25) is 9.89 Å². The van der Waals surface area contributed by atoms with E-state index >= 15 is 0 Å². The molecule has 0 aliphatic rings. The summed E-state index contributed by atoms with van der Waals surface area (Å²) in [5.74, 6) is 0.403. The number of benzene rings is 3. The van der Waals surface area contributed by atoms with Gasteiger partial charge in [0.25, 0.3) is 5.91 Å². The summed E-state index contributed by atoms with van der Waals surface area (Å²) in [6.45, 7) is 0. The first-order valence-corrected chi connectivity index (χ1v) is 9.43. The Kier molecular flexibility index (Phi) is 5.66. The number of methoxy groups -OCH3 is 1. The fraction of sp³-hybridized carbons (Fsp3) is 0.0417. The molecule has 0 unspecified atom stereocenters. The molecule has 0 aliphatic carbocycles. The number of hydrogen-bond acceptors (Lipinski definition) is 4. The predicted octanol–water partition coefficient (Wildman–Crippen LogP) is 4.67. The zero-order valence-electron chi connectivity index (χ0n) is 16.4. The molecule has 0 saturated carbocycles. The van der Waals surface area contributed by atoms with Gasteiger partial charge in [0.1, 0.15) is 11.4 Å². The summed E-state index contributed by atoms with van der Waals surface area (Å²) in [5, 5.41) is 13.2. The van der Waals surface area contributed by atoms with Crippen molar-refractivity contribution in [3.8, 4) is 17.0 Å². The number of aromatic amines is 1. The summed E-state index contributed by atoms with van der Waals surface area (Å²) in [5.41, 5.74) is 5.42. The molecule has 0 aliphatic heterocycles. The Balaban J connectivity index is 1.43. The number of carbonyl (C=O) groups is 1. The van der Waals surface area contributed by atoms with Crippen LogP contribution in [0.15, 0.2) is 84.0 Å². The molecule has 4 aromatic rings. The standard InChI is InChI=1S/C24H20N4O2/c1-30-23-14-5-3-9-18(23)11-7-15-25-28-24(29)22-16-21(26-27-22)20-13-6-10-17-8-2-4-12-19(17)20/h2-16H,1H3,(H,26,27)(H,28,29)/b11-7-,25-15+. The third-order valence-electron chi connectivity index (χ3n) is 4.63. The van der Waals surface area contributed by atoms with Gasteiger partial charge in [0, 0.05) is 17.3 Å². The topological polar surface area (TPSA) is 79.4 Å². The van der Waals surface area contributed by atoms with E-state index in [9.17, 15) is 4.79 Å². The lowest BCUT2D eigenvalue weighted by Gasteiger charge is -2.02. The number of amides is 1. The molecule has 0 fully saturated rings. The monoisotopic (exact) mass is 396 g/mol. The van der Waals surface area contributed by atoms with Crippen molar-refractivity contribution in [3.63, 3.8) is 0 Å². The highest BCUT2D eigenvalue weighted by Crippen LogP contribution is 2.27. The Hall–Kier alpha value is -4.19. The first-order valence-electron chi connectivity index (χ1n) is 9.43. The van der Waals surface area contributed by atoms with Crippen LogP contribution in [-0.2, 0) is 0 Å². The maximum Gasteiger partial charge on any atom is 0.289 e. The molecule has 30 heavy (non-hydrogen) atoms. The van der Waals surface area contributed by atoms with Gasteiger partial charge in [0.15, 0.2) is 0 Å². The summed E-state index contributed by atoms with van der Waals surface area (Å²) in [7, 11) is 1.62. The number of allylic oxidation sites excluding steroid dienone is 1. The first kappa shape index (κ1) is 19.1. The lowest BCUT2D eigenvalue weighted by molar-refractivity contribution is 0.0950. The maximum atomic E-state index is 12.3. The number of carbonyl (C=O) groups excluding carboxylic acids is 1. The maximum absolute atomic E-state index is 12.3. The van der Waals surface area contributed by atoms with Gasteiger partial charge < -0.3 is 4.74 Å². The second kappa shape index (κ2) is 8.87. The van der Waals surface area contributed by atoms with Crippen molar-refractivity contribution in [3.05, 3.63) is 90.1 Å². The molecule has 1 amide bonds. The molecule has 2 N–H and O–H groups in total. The van der Waals surface area contributed by atoms with Crippen LogP contribution in [-0.4, -0.2) is 29.4 Å². The van der Waals surface area contributed by atoms with Crippen molar-refractivity contribution in [2.75, 3.05) is 7.11 Å². The second-order valence-corrected chi connectivity index (χ2v) is 6.51. The fourth-order valence-electron chi connectivity index (χ4n) is 3.17. The highest BCUT2D eigenvalue weighted by Gasteiger charge is 2.12. The van der Waals surface area contributed by atoms with Crippen LogP contribution in [0.25, 0.3) is 28.1 Å². The summed E-state index contributed by atoms with van der Waals surface area (Å²) >= 11 is 0. The van der Waals surface area contributed by atoms with Gasteiger partial charge in [-0.25, -0.2) is 5.43 Å². The summed E-state index contributed by atoms with van der Waals surface area (Å²) in [6, 6.07) is 23.4. The third-order valence-corrected chi connectivity index (χ3v) is 4.63. The number of hydrogen-bond donors (Lipinski definition) is 2. The lowest BCUT2D eigenvalue weighted by Crippen LogP contribution is -2.17. The molecule has 1 aromatic heterocycles. The number of H-pyrrole nitrogens is 1. The number of rotatable bonds is 6. The van der Waals surface area contributed by atoms with Crippen LogP contribution in [0.3, 0.4) is 0 Å². The van der Waals surface area contributed by atoms with Crippen LogP contribution in [0.5, 0.6) is 5.75 Å². The molecule has 148 valence electrons. The summed E-state index contributed by atoms with van der Waals surface area (Å²) in [4.78, 5) is 12.3. The molecule has 4 rings (SSSR count). The van der Waals surface area contributed by atoms with Crippen LogP contribution < -0.4 is 10.2 Å². The van der Waals surface area contributed by atoms with Crippen molar-refractivity contribution in [1.82, 2.24) is 15.6 Å². The number of aromatic nitrogens is 2. The van der Waals surface area contributed by atoms with Gasteiger partial charge >= 0.3 is 0 Å². The second-order valence-electron chi connectivity index (χ2n) is 6.51. The Bertz CT molecular complexity index is 1240. The van der Waals surface area contributed by atoms with Gasteiger partial charge in [0.2, 0.25) is 0 Å². The first-order chi connectivity index (χ1) is 14.8. The number of hydrazone groups is 1. The molecule has 0 atom stereocenters. The largest absolute Gasteiger partial charge is 0.496 e. The Morgan fingerprint density at radius 3 is 2.77 bits per heavy atom. The van der Waals surface area contributed by atoms with Crippen LogP contribution >= 0.6 is 0 Å². The zero-order chi connectivity index (χ0) is 20.8. The van der Waals surface area contributed by atoms with Crippen LogP contribution in [0.2, 0.25) is 0 Å². The van der Waals surface area contributed by atoms with E-state index in [1.54, 1.807) is 19.3 Å². The summed E-state index contributed by atoms with van der Waals surface area (Å²) in [6.07, 6.45) is 5.09. The molecule has 0 spiro atoms. The van der Waals surface area contributed by atoms with Crippen molar-refractivity contribution in [2.45, 2.75) is 0 Å². The van der Waals surface area contributed by atoms with Gasteiger partial charge in [-0.05, 0) is 35.1 Å². The van der Waals surface area contributed by atoms with E-state index < -0.39 is 0 Å². The van der Waals surface area contributed by atoms with Crippen LogP contribution in [0.1, 0.15) is 16.1 Å². The number of fused-ring (bicyclic) bond motifs is 1. The van der Waals surface area contributed by atoms with Crippen LogP contribution in [0, 0.1) is 0 Å². The van der Waals surface area contributed by atoms with E-state index in [2.05, 4.69) is 20.7 Å². The number of nitrogens with one attached hydrogen (secondary N) is 2. The van der Waals surface area contributed by atoms with Crippen molar-refractivity contribution in [1.29, 1.82) is 0 Å². The molecule has 6 nitrogen and oxygen atoms in total. The Morgan fingerprint density at radius 1 is 1.07 bits per heavy atom. The van der Waals surface area contributed by atoms with Crippen molar-refractivity contribution in [2.24, 2.45) is 5.10 Å². The number of para-hydroxylation sites is 1. The fourth-order valence-corrected chi connectivity index (χ4v) is 3.17. The van der Waals surface area contributed by atoms with E-state index in [0.717, 1.165) is 27.6 Å². The van der Waals surface area contributed by atoms with Crippen LogP contribution in [0.4, 0.5) is 0 Å². The summed E-state index contributed by atoms with van der Waals surface area (Å²) < 4.78 is 5.29. The van der Waals surface area contributed by atoms with E-state index in [4.69, 9.17) is 4.74 Å². The van der Waals surface area contributed by atoms with Crippen molar-refractivity contribution < 1.29 is 9.53 Å². The smallest absolute Gasteiger partial charge is 0.289 e. The SMILES string of the molecule is COc1ccccc1/C=C\C=N\NC(=O)c1cc(-c2cccc3ccccc23)n[nH]1. The normalized spacial score (nSPS) is 11.4. The molecular formula is C24H20N4O2. The molecule has 1 heterocycles. The quantitative estimate of drug-likeness (QED) is 0.367. The van der Waals surface area contributed by atoms with E-state index in [1.807, 2.05) is 72.8 Å².